The Bertz CT molecular complexity index is 482. The number of rotatable bonds is 5. The van der Waals surface area contributed by atoms with Gasteiger partial charge in [0.05, 0.1) is 5.69 Å². The summed E-state index contributed by atoms with van der Waals surface area (Å²) in [7, 11) is 0. The van der Waals surface area contributed by atoms with Gasteiger partial charge < -0.3 is 10.1 Å². The van der Waals surface area contributed by atoms with Crippen LogP contribution in [0.5, 0.6) is 0 Å². The number of hydrogen-bond acceptors (Lipinski definition) is 3. The van der Waals surface area contributed by atoms with Gasteiger partial charge >= 0.3 is 0 Å². The Hall–Kier alpha value is -1.39. The van der Waals surface area contributed by atoms with Crippen LogP contribution in [0.1, 0.15) is 26.5 Å². The molecule has 18 heavy (non-hydrogen) atoms. The number of imidazole rings is 1. The summed E-state index contributed by atoms with van der Waals surface area (Å²) in [5, 5.41) is 0. The first-order valence-corrected chi connectivity index (χ1v) is 6.44. The summed E-state index contributed by atoms with van der Waals surface area (Å²) in [5.74, 6) is 0. The Morgan fingerprint density at radius 1 is 1.39 bits per heavy atom. The van der Waals surface area contributed by atoms with Crippen molar-refractivity contribution in [2.45, 2.75) is 32.9 Å². The molecule has 2 aromatic heterocycles. The summed E-state index contributed by atoms with van der Waals surface area (Å²) in [6, 6.07) is 6.04. The highest BCUT2D eigenvalue weighted by atomic mass is 15.2. The van der Waals surface area contributed by atoms with E-state index in [4.69, 9.17) is 5.73 Å². The molecule has 0 saturated heterocycles. The Morgan fingerprint density at radius 3 is 2.78 bits per heavy atom. The zero-order valence-corrected chi connectivity index (χ0v) is 11.4. The van der Waals surface area contributed by atoms with E-state index in [9.17, 15) is 0 Å². The summed E-state index contributed by atoms with van der Waals surface area (Å²) in [6.45, 7) is 8.96. The highest BCUT2D eigenvalue weighted by molar-refractivity contribution is 5.39. The summed E-state index contributed by atoms with van der Waals surface area (Å²) in [6.07, 6.45) is 4.11. The number of hydrogen-bond donors (Lipinski definition) is 1. The van der Waals surface area contributed by atoms with Gasteiger partial charge in [0.2, 0.25) is 0 Å². The van der Waals surface area contributed by atoms with E-state index in [-0.39, 0.29) is 5.54 Å². The normalized spacial score (nSPS) is 12.5. The molecule has 0 atom stereocenters. The van der Waals surface area contributed by atoms with Gasteiger partial charge in [-0.05, 0) is 32.5 Å². The lowest BCUT2D eigenvalue weighted by Crippen LogP contribution is -2.48. The molecule has 4 nitrogen and oxygen atoms in total. The lowest BCUT2D eigenvalue weighted by atomic mass is 10.0. The van der Waals surface area contributed by atoms with Gasteiger partial charge in [-0.25, -0.2) is 4.98 Å². The van der Waals surface area contributed by atoms with Crippen LogP contribution >= 0.6 is 0 Å². The van der Waals surface area contributed by atoms with Gasteiger partial charge in [0.25, 0.3) is 0 Å². The molecule has 0 saturated carbocycles. The molecule has 0 spiro atoms. The van der Waals surface area contributed by atoms with Crippen molar-refractivity contribution in [2.75, 3.05) is 13.1 Å². The smallest absolute Gasteiger partial charge is 0.137 e. The molecule has 0 aliphatic rings. The second kappa shape index (κ2) is 5.08. The van der Waals surface area contributed by atoms with Crippen LogP contribution in [-0.2, 0) is 6.54 Å². The van der Waals surface area contributed by atoms with Crippen LogP contribution < -0.4 is 5.73 Å². The van der Waals surface area contributed by atoms with Crippen LogP contribution in [0.25, 0.3) is 5.65 Å². The van der Waals surface area contributed by atoms with Crippen LogP contribution in [0.4, 0.5) is 0 Å². The summed E-state index contributed by atoms with van der Waals surface area (Å²) >= 11 is 0. The number of nitrogens with two attached hydrogens (primary N) is 1. The molecular formula is C14H22N4. The van der Waals surface area contributed by atoms with Gasteiger partial charge in [0, 0.05) is 31.0 Å². The zero-order valence-electron chi connectivity index (χ0n) is 11.4. The second-order valence-electron chi connectivity index (χ2n) is 5.23. The van der Waals surface area contributed by atoms with Gasteiger partial charge in [-0.15, -0.1) is 0 Å². The monoisotopic (exact) mass is 246 g/mol. The molecular weight excluding hydrogens is 224 g/mol. The Morgan fingerprint density at radius 2 is 2.17 bits per heavy atom. The summed E-state index contributed by atoms with van der Waals surface area (Å²) in [5.41, 5.74) is 7.93. The van der Waals surface area contributed by atoms with E-state index >= 15 is 0 Å². The fourth-order valence-electron chi connectivity index (χ4n) is 2.14. The zero-order chi connectivity index (χ0) is 13.2. The standard InChI is InChI=1S/C14H22N4/c1-4-18(14(2,3)11-15)10-12-9-17-8-6-5-7-13(17)16-12/h5-9H,4,10-11,15H2,1-3H3. The largest absolute Gasteiger partial charge is 0.329 e. The molecule has 0 aliphatic carbocycles. The van der Waals surface area contributed by atoms with Crippen molar-refractivity contribution < 1.29 is 0 Å². The van der Waals surface area contributed by atoms with Crippen LogP contribution in [0.2, 0.25) is 0 Å². The minimum atomic E-state index is 0.00452. The lowest BCUT2D eigenvalue weighted by Gasteiger charge is -2.36. The maximum Gasteiger partial charge on any atom is 0.137 e. The van der Waals surface area contributed by atoms with E-state index in [0.29, 0.717) is 6.54 Å². The molecule has 0 radical (unpaired) electrons. The van der Waals surface area contributed by atoms with E-state index in [1.807, 2.05) is 24.4 Å². The Kier molecular flexibility index (Phi) is 3.68. The first-order chi connectivity index (χ1) is 8.56. The number of aromatic nitrogens is 2. The van der Waals surface area contributed by atoms with E-state index in [1.165, 1.54) is 0 Å². The van der Waals surface area contributed by atoms with Crippen LogP contribution in [0.3, 0.4) is 0 Å². The van der Waals surface area contributed by atoms with E-state index in [2.05, 4.69) is 41.3 Å². The molecule has 0 unspecified atom stereocenters. The molecule has 98 valence electrons. The second-order valence-corrected chi connectivity index (χ2v) is 5.23. The van der Waals surface area contributed by atoms with E-state index < -0.39 is 0 Å². The average molecular weight is 246 g/mol. The molecule has 4 heteroatoms. The first-order valence-electron chi connectivity index (χ1n) is 6.44. The van der Waals surface area contributed by atoms with Crippen LogP contribution in [-0.4, -0.2) is 32.9 Å². The predicted molar refractivity (Wildman–Crippen MR) is 74.4 cm³/mol. The maximum absolute atomic E-state index is 5.84. The lowest BCUT2D eigenvalue weighted by molar-refractivity contribution is 0.124. The highest BCUT2D eigenvalue weighted by Crippen LogP contribution is 2.16. The minimum absolute atomic E-state index is 0.00452. The number of nitrogens with zero attached hydrogens (tertiary/aromatic N) is 3. The Balaban J connectivity index is 2.21. The third kappa shape index (κ3) is 2.54. The van der Waals surface area contributed by atoms with Crippen molar-refractivity contribution >= 4 is 5.65 Å². The van der Waals surface area contributed by atoms with Crippen LogP contribution in [0.15, 0.2) is 30.6 Å². The molecule has 2 N–H and O–H groups in total. The molecule has 0 fully saturated rings. The van der Waals surface area contributed by atoms with Crippen molar-refractivity contribution in [2.24, 2.45) is 5.73 Å². The SMILES string of the molecule is CCN(Cc1cn2ccccc2n1)C(C)(C)CN. The summed E-state index contributed by atoms with van der Waals surface area (Å²) in [4.78, 5) is 6.98. The van der Waals surface area contributed by atoms with Crippen molar-refractivity contribution in [1.82, 2.24) is 14.3 Å². The number of likely N-dealkylation sites (N-methyl/N-ethyl adjacent to an activating group) is 1. The molecule has 0 amide bonds. The van der Waals surface area contributed by atoms with Gasteiger partial charge in [0.15, 0.2) is 0 Å². The number of fused-ring (bicyclic) bond motifs is 1. The van der Waals surface area contributed by atoms with Crippen molar-refractivity contribution in [1.29, 1.82) is 0 Å². The number of pyridine rings is 1. The summed E-state index contributed by atoms with van der Waals surface area (Å²) < 4.78 is 2.05. The Labute approximate surface area is 108 Å². The van der Waals surface area contributed by atoms with E-state index in [0.717, 1.165) is 24.4 Å². The molecule has 0 aromatic carbocycles. The third-order valence-electron chi connectivity index (χ3n) is 3.50. The van der Waals surface area contributed by atoms with Crippen LogP contribution in [0, 0.1) is 0 Å². The highest BCUT2D eigenvalue weighted by Gasteiger charge is 2.24. The van der Waals surface area contributed by atoms with Gasteiger partial charge in [-0.1, -0.05) is 13.0 Å². The maximum atomic E-state index is 5.84. The van der Waals surface area contributed by atoms with Gasteiger partial charge in [0.1, 0.15) is 5.65 Å². The van der Waals surface area contributed by atoms with Crippen molar-refractivity contribution in [3.8, 4) is 0 Å². The third-order valence-corrected chi connectivity index (χ3v) is 3.50. The predicted octanol–water partition coefficient (Wildman–Crippen LogP) is 1.89. The molecule has 2 aromatic rings. The fourth-order valence-corrected chi connectivity index (χ4v) is 2.14. The van der Waals surface area contributed by atoms with E-state index in [1.54, 1.807) is 0 Å². The van der Waals surface area contributed by atoms with Gasteiger partial charge in [-0.2, -0.15) is 0 Å². The van der Waals surface area contributed by atoms with Gasteiger partial charge in [-0.3, -0.25) is 4.90 Å². The average Bonchev–Trinajstić information content (AvgIpc) is 2.78. The topological polar surface area (TPSA) is 46.6 Å². The van der Waals surface area contributed by atoms with Crippen molar-refractivity contribution in [3.05, 3.63) is 36.3 Å². The molecule has 2 heterocycles. The minimum Gasteiger partial charge on any atom is -0.329 e. The molecule has 0 aliphatic heterocycles. The first kappa shape index (κ1) is 13.1. The fraction of sp³-hybridized carbons (Fsp3) is 0.500. The quantitative estimate of drug-likeness (QED) is 0.876. The molecule has 0 bridgehead atoms. The molecule has 2 rings (SSSR count). The van der Waals surface area contributed by atoms with Crippen molar-refractivity contribution in [3.63, 3.8) is 0 Å².